The van der Waals surface area contributed by atoms with Crippen LogP contribution in [-0.4, -0.2) is 29.4 Å². The van der Waals surface area contributed by atoms with Crippen LogP contribution in [-0.2, 0) is 4.79 Å². The smallest absolute Gasteiger partial charge is 0.228 e. The highest BCUT2D eigenvalue weighted by atomic mass is 16.2. The van der Waals surface area contributed by atoms with Gasteiger partial charge in [0.05, 0.1) is 5.92 Å². The minimum atomic E-state index is 0.106. The van der Waals surface area contributed by atoms with E-state index in [-0.39, 0.29) is 12.0 Å². The van der Waals surface area contributed by atoms with Gasteiger partial charge < -0.3 is 10.6 Å². The third-order valence-electron chi connectivity index (χ3n) is 4.86. The number of nitrogens with two attached hydrogens (primary N) is 1. The molecule has 3 nitrogen and oxygen atoms in total. The van der Waals surface area contributed by atoms with E-state index < -0.39 is 0 Å². The predicted octanol–water partition coefficient (Wildman–Crippen LogP) is 1.54. The molecule has 0 aromatic heterocycles. The second-order valence-electron chi connectivity index (χ2n) is 5.95. The highest BCUT2D eigenvalue weighted by molar-refractivity contribution is 5.81. The zero-order valence-corrected chi connectivity index (χ0v) is 10.3. The minimum absolute atomic E-state index is 0.106. The number of hydrogen-bond acceptors (Lipinski definition) is 2. The topological polar surface area (TPSA) is 46.3 Å². The van der Waals surface area contributed by atoms with Crippen LogP contribution in [0.1, 0.15) is 32.1 Å². The Hall–Kier alpha value is -0.830. The molecule has 3 aliphatic carbocycles. The van der Waals surface area contributed by atoms with Crippen molar-refractivity contribution in [1.82, 2.24) is 4.90 Å². The molecular weight excluding hydrogens is 212 g/mol. The van der Waals surface area contributed by atoms with Crippen LogP contribution in [0.3, 0.4) is 0 Å². The summed E-state index contributed by atoms with van der Waals surface area (Å²) in [7, 11) is 0. The van der Waals surface area contributed by atoms with Crippen LogP contribution >= 0.6 is 0 Å². The first-order valence-corrected chi connectivity index (χ1v) is 6.89. The molecule has 94 valence electrons. The lowest BCUT2D eigenvalue weighted by Gasteiger charge is -2.32. The van der Waals surface area contributed by atoms with Crippen molar-refractivity contribution in [2.45, 2.75) is 44.2 Å². The molecule has 4 unspecified atom stereocenters. The summed E-state index contributed by atoms with van der Waals surface area (Å²) >= 11 is 0. The second-order valence-corrected chi connectivity index (χ2v) is 5.95. The molecule has 3 heteroatoms. The molecule has 0 radical (unpaired) electrons. The van der Waals surface area contributed by atoms with Crippen LogP contribution < -0.4 is 5.73 Å². The van der Waals surface area contributed by atoms with Crippen molar-refractivity contribution in [2.75, 3.05) is 6.54 Å². The molecular formula is C14H22N2O. The first kappa shape index (κ1) is 11.3. The first-order chi connectivity index (χ1) is 8.22. The Bertz CT molecular complexity index is 335. The maximum Gasteiger partial charge on any atom is 0.228 e. The van der Waals surface area contributed by atoms with Gasteiger partial charge in [0.1, 0.15) is 0 Å². The molecule has 17 heavy (non-hydrogen) atoms. The molecule has 4 atom stereocenters. The summed E-state index contributed by atoms with van der Waals surface area (Å²) in [6.07, 6.45) is 7.80. The van der Waals surface area contributed by atoms with E-state index in [2.05, 4.69) is 6.58 Å². The lowest BCUT2D eigenvalue weighted by atomic mass is 9.84. The van der Waals surface area contributed by atoms with Crippen molar-refractivity contribution in [3.63, 3.8) is 0 Å². The van der Waals surface area contributed by atoms with Crippen LogP contribution in [0.25, 0.3) is 0 Å². The summed E-state index contributed by atoms with van der Waals surface area (Å²) in [6.45, 7) is 4.46. The fraction of sp³-hybridized carbons (Fsp3) is 0.786. The number of hydrogen-bond donors (Lipinski definition) is 1. The zero-order valence-electron chi connectivity index (χ0n) is 10.3. The van der Waals surface area contributed by atoms with Crippen molar-refractivity contribution in [3.8, 4) is 0 Å². The van der Waals surface area contributed by atoms with Crippen LogP contribution in [0.4, 0.5) is 0 Å². The third kappa shape index (κ3) is 1.81. The van der Waals surface area contributed by atoms with Crippen molar-refractivity contribution in [2.24, 2.45) is 23.5 Å². The maximum absolute atomic E-state index is 12.6. The Labute approximate surface area is 103 Å². The quantitative estimate of drug-likeness (QED) is 0.750. The summed E-state index contributed by atoms with van der Waals surface area (Å²) in [5.74, 6) is 1.59. The van der Waals surface area contributed by atoms with E-state index in [1.54, 1.807) is 0 Å². The van der Waals surface area contributed by atoms with Gasteiger partial charge in [0.2, 0.25) is 5.91 Å². The summed E-state index contributed by atoms with van der Waals surface area (Å²) in [5.41, 5.74) is 6.25. The van der Waals surface area contributed by atoms with E-state index in [4.69, 9.17) is 5.73 Å². The summed E-state index contributed by atoms with van der Waals surface area (Å²) in [6, 6.07) is 0.596. The molecule has 0 heterocycles. The van der Waals surface area contributed by atoms with Crippen LogP contribution in [0.2, 0.25) is 0 Å². The van der Waals surface area contributed by atoms with Gasteiger partial charge in [-0.3, -0.25) is 4.79 Å². The highest BCUT2D eigenvalue weighted by Crippen LogP contribution is 2.48. The monoisotopic (exact) mass is 234 g/mol. The average molecular weight is 234 g/mol. The van der Waals surface area contributed by atoms with E-state index in [1.165, 1.54) is 19.3 Å². The van der Waals surface area contributed by atoms with Gasteiger partial charge in [0.15, 0.2) is 0 Å². The lowest BCUT2D eigenvalue weighted by Crippen LogP contribution is -2.47. The molecule has 2 N–H and O–H groups in total. The van der Waals surface area contributed by atoms with E-state index in [9.17, 15) is 4.79 Å². The molecule has 3 fully saturated rings. The Balaban J connectivity index is 1.74. The second kappa shape index (κ2) is 4.13. The van der Waals surface area contributed by atoms with E-state index >= 15 is 0 Å². The van der Waals surface area contributed by atoms with Gasteiger partial charge in [-0.15, -0.1) is 6.58 Å². The summed E-state index contributed by atoms with van der Waals surface area (Å²) in [4.78, 5) is 14.6. The molecule has 1 amide bonds. The van der Waals surface area contributed by atoms with Gasteiger partial charge in [0, 0.05) is 18.6 Å². The molecule has 3 saturated carbocycles. The lowest BCUT2D eigenvalue weighted by molar-refractivity contribution is -0.137. The minimum Gasteiger partial charge on any atom is -0.336 e. The van der Waals surface area contributed by atoms with Crippen molar-refractivity contribution in [3.05, 3.63) is 12.7 Å². The molecule has 0 aliphatic heterocycles. The number of rotatable bonds is 4. The summed E-state index contributed by atoms with van der Waals surface area (Å²) in [5, 5.41) is 0. The maximum atomic E-state index is 12.6. The van der Waals surface area contributed by atoms with E-state index in [1.807, 2.05) is 11.0 Å². The summed E-state index contributed by atoms with van der Waals surface area (Å²) < 4.78 is 0. The Morgan fingerprint density at radius 1 is 1.29 bits per heavy atom. The normalized spacial score (nSPS) is 39.4. The third-order valence-corrected chi connectivity index (χ3v) is 4.86. The van der Waals surface area contributed by atoms with Gasteiger partial charge in [0.25, 0.3) is 0 Å². The van der Waals surface area contributed by atoms with Crippen LogP contribution in [0.5, 0.6) is 0 Å². The fourth-order valence-electron chi connectivity index (χ4n) is 3.84. The molecule has 0 aromatic rings. The number of carbonyl (C=O) groups excluding carboxylic acids is 1. The highest BCUT2D eigenvalue weighted by Gasteiger charge is 2.51. The van der Waals surface area contributed by atoms with Crippen LogP contribution in [0.15, 0.2) is 12.7 Å². The molecule has 3 aliphatic rings. The molecule has 0 aromatic carbocycles. The van der Waals surface area contributed by atoms with Gasteiger partial charge >= 0.3 is 0 Å². The van der Waals surface area contributed by atoms with Gasteiger partial charge in [-0.05, 0) is 43.9 Å². The van der Waals surface area contributed by atoms with Gasteiger partial charge in [-0.2, -0.15) is 0 Å². The number of amides is 1. The van der Waals surface area contributed by atoms with Crippen molar-refractivity contribution in [1.29, 1.82) is 0 Å². The van der Waals surface area contributed by atoms with Crippen molar-refractivity contribution >= 4 is 5.91 Å². The number of carbonyl (C=O) groups is 1. The number of nitrogens with zero attached hydrogens (tertiary/aromatic N) is 1. The Morgan fingerprint density at radius 3 is 2.53 bits per heavy atom. The predicted molar refractivity (Wildman–Crippen MR) is 67.2 cm³/mol. The average Bonchev–Trinajstić information content (AvgIpc) is 2.97. The van der Waals surface area contributed by atoms with E-state index in [0.29, 0.717) is 30.3 Å². The van der Waals surface area contributed by atoms with Crippen LogP contribution in [0, 0.1) is 17.8 Å². The van der Waals surface area contributed by atoms with Gasteiger partial charge in [-0.25, -0.2) is 0 Å². The first-order valence-electron chi connectivity index (χ1n) is 6.89. The Kier molecular flexibility index (Phi) is 2.74. The standard InChI is InChI=1S/C14H22N2O/c1-2-7-16(11-5-6-11)14(17)12-9-3-4-10(8-9)13(12)15/h2,9-13H,1,3-8,15H2. The van der Waals surface area contributed by atoms with Gasteiger partial charge in [-0.1, -0.05) is 6.08 Å². The largest absolute Gasteiger partial charge is 0.336 e. The molecule has 2 bridgehead atoms. The number of fused-ring (bicyclic) bond motifs is 2. The van der Waals surface area contributed by atoms with E-state index in [0.717, 1.165) is 12.8 Å². The molecule has 0 spiro atoms. The van der Waals surface area contributed by atoms with Crippen molar-refractivity contribution < 1.29 is 4.79 Å². The molecule has 0 saturated heterocycles. The zero-order chi connectivity index (χ0) is 12.0. The molecule has 3 rings (SSSR count). The Morgan fingerprint density at radius 2 is 2.00 bits per heavy atom. The SMILES string of the molecule is C=CCN(C(=O)C1C2CCC(C2)C1N)C1CC1. The fourth-order valence-corrected chi connectivity index (χ4v) is 3.84.